The lowest BCUT2D eigenvalue weighted by molar-refractivity contribution is 0.180. The summed E-state index contributed by atoms with van der Waals surface area (Å²) in [4.78, 5) is 25.4. The van der Waals surface area contributed by atoms with Crippen LogP contribution in [0.4, 0.5) is 5.82 Å². The molecule has 0 radical (unpaired) electrons. The van der Waals surface area contributed by atoms with Crippen LogP contribution in [0.25, 0.3) is 16.2 Å². The number of nitrogens with zero attached hydrogens (tertiary/aromatic N) is 6. The van der Waals surface area contributed by atoms with E-state index in [1.54, 1.807) is 18.6 Å². The molecule has 10 heteroatoms. The van der Waals surface area contributed by atoms with Gasteiger partial charge in [-0.1, -0.05) is 18.5 Å². The van der Waals surface area contributed by atoms with Gasteiger partial charge < -0.3 is 15.7 Å². The van der Waals surface area contributed by atoms with Crippen LogP contribution in [-0.4, -0.2) is 55.3 Å². The minimum Gasteiger partial charge on any atom is -0.390 e. The Bertz CT molecular complexity index is 1160. The Hall–Kier alpha value is -2.33. The Balaban J connectivity index is 1.55. The number of pyridine rings is 1. The first-order valence-corrected chi connectivity index (χ1v) is 10.9. The number of aliphatic hydroxyl groups excluding tert-OH is 1. The second kappa shape index (κ2) is 7.73. The van der Waals surface area contributed by atoms with Gasteiger partial charge in [0.05, 0.1) is 22.4 Å². The number of allylic oxidation sites excluding steroid dienone is 1. The molecule has 154 valence electrons. The fourth-order valence-corrected chi connectivity index (χ4v) is 4.99. The molecule has 2 aliphatic rings. The molecule has 5 rings (SSSR count). The summed E-state index contributed by atoms with van der Waals surface area (Å²) in [6.07, 6.45) is 5.98. The van der Waals surface area contributed by atoms with E-state index in [4.69, 9.17) is 27.3 Å². The molecule has 0 amide bonds. The lowest BCUT2D eigenvalue weighted by atomic mass is 10.2. The van der Waals surface area contributed by atoms with Gasteiger partial charge in [-0.25, -0.2) is 19.9 Å². The van der Waals surface area contributed by atoms with Crippen molar-refractivity contribution in [3.8, 4) is 0 Å². The first-order valence-electron chi connectivity index (χ1n) is 9.75. The maximum absolute atomic E-state index is 10.2. The van der Waals surface area contributed by atoms with Crippen molar-refractivity contribution in [2.45, 2.75) is 42.0 Å². The van der Waals surface area contributed by atoms with Gasteiger partial charge in [0.15, 0.2) is 10.8 Å². The second-order valence-corrected chi connectivity index (χ2v) is 8.83. The molecule has 1 aliphatic heterocycles. The molecule has 0 aromatic carbocycles. The number of aliphatic hydroxyl groups is 1. The molecule has 1 saturated heterocycles. The van der Waals surface area contributed by atoms with Gasteiger partial charge in [0.1, 0.15) is 11.3 Å². The third kappa shape index (κ3) is 3.41. The number of aromatic nitrogens is 5. The van der Waals surface area contributed by atoms with Crippen molar-refractivity contribution in [2.24, 2.45) is 5.73 Å². The first kappa shape index (κ1) is 19.6. The first-order chi connectivity index (χ1) is 14.5. The van der Waals surface area contributed by atoms with E-state index in [1.165, 1.54) is 11.8 Å². The summed E-state index contributed by atoms with van der Waals surface area (Å²) in [5.74, 6) is 0.733. The van der Waals surface area contributed by atoms with Gasteiger partial charge in [-0.15, -0.1) is 0 Å². The van der Waals surface area contributed by atoms with E-state index >= 15 is 0 Å². The van der Waals surface area contributed by atoms with Gasteiger partial charge in [0, 0.05) is 49.0 Å². The number of β-amino-alcohol motifs (C(OH)–C–C–N with tert-alkyl or cyclic N) is 1. The van der Waals surface area contributed by atoms with E-state index in [2.05, 4.69) is 21.9 Å². The highest BCUT2D eigenvalue weighted by Crippen LogP contribution is 2.43. The predicted molar refractivity (Wildman–Crippen MR) is 116 cm³/mol. The van der Waals surface area contributed by atoms with Crippen molar-refractivity contribution in [3.05, 3.63) is 41.5 Å². The number of hydrogen-bond donors (Lipinski definition) is 2. The van der Waals surface area contributed by atoms with E-state index in [1.807, 2.05) is 11.0 Å². The summed E-state index contributed by atoms with van der Waals surface area (Å²) in [5, 5.41) is 11.5. The quantitative estimate of drug-likeness (QED) is 0.589. The summed E-state index contributed by atoms with van der Waals surface area (Å²) < 4.78 is 0. The summed E-state index contributed by atoms with van der Waals surface area (Å²) in [6.45, 7) is 3.03. The number of fused-ring (bicyclic) bond motifs is 2. The molecule has 30 heavy (non-hydrogen) atoms. The van der Waals surface area contributed by atoms with E-state index in [0.717, 1.165) is 44.5 Å². The summed E-state index contributed by atoms with van der Waals surface area (Å²) in [5.41, 5.74) is 10.3. The van der Waals surface area contributed by atoms with Crippen molar-refractivity contribution in [3.63, 3.8) is 0 Å². The smallest absolute Gasteiger partial charge is 0.194 e. The van der Waals surface area contributed by atoms with E-state index in [9.17, 15) is 5.11 Å². The highest BCUT2D eigenvalue weighted by atomic mass is 35.5. The Morgan fingerprint density at radius 2 is 2.07 bits per heavy atom. The van der Waals surface area contributed by atoms with E-state index < -0.39 is 6.10 Å². The number of anilines is 1. The van der Waals surface area contributed by atoms with Crippen LogP contribution < -0.4 is 10.6 Å². The molecule has 3 aromatic heterocycles. The standard InChI is InChI=1S/C20H20ClN7OS/c1-2-10-5-13-16(17(10)21)19(28-8-12(22)15(29)9-28)27-20(26-13)30-11-6-14-18(25-7-11)24-4-3-23-14/h3-4,6-7,12,15,29H,2,5,8-9,22H2,1H3/t12-,15+/m0/s1. The lowest BCUT2D eigenvalue weighted by Crippen LogP contribution is -2.32. The zero-order valence-electron chi connectivity index (χ0n) is 16.3. The zero-order valence-corrected chi connectivity index (χ0v) is 17.9. The van der Waals surface area contributed by atoms with Crippen molar-refractivity contribution >= 4 is 45.4 Å². The molecule has 0 saturated carbocycles. The van der Waals surface area contributed by atoms with Crippen molar-refractivity contribution < 1.29 is 5.11 Å². The van der Waals surface area contributed by atoms with Crippen LogP contribution in [0.1, 0.15) is 24.6 Å². The normalized spacial score (nSPS) is 21.0. The molecule has 8 nitrogen and oxygen atoms in total. The highest BCUT2D eigenvalue weighted by Gasteiger charge is 2.34. The summed E-state index contributed by atoms with van der Waals surface area (Å²) >= 11 is 8.11. The predicted octanol–water partition coefficient (Wildman–Crippen LogP) is 2.39. The molecular formula is C20H20ClN7OS. The molecule has 3 N–H and O–H groups in total. The average molecular weight is 442 g/mol. The molecule has 0 bridgehead atoms. The topological polar surface area (TPSA) is 114 Å². The third-order valence-corrected chi connectivity index (χ3v) is 6.70. The molecule has 0 unspecified atom stereocenters. The van der Waals surface area contributed by atoms with Crippen LogP contribution in [0, 0.1) is 0 Å². The van der Waals surface area contributed by atoms with Gasteiger partial charge in [-0.3, -0.25) is 4.98 Å². The SMILES string of the molecule is CCC1=C(Cl)c2c(nc(Sc3cnc4nccnc4c3)nc2N2C[C@@H](O)[C@@H](N)C2)C1. The van der Waals surface area contributed by atoms with Gasteiger partial charge in [0.25, 0.3) is 0 Å². The number of nitrogens with two attached hydrogens (primary N) is 1. The van der Waals surface area contributed by atoms with Gasteiger partial charge >= 0.3 is 0 Å². The molecule has 1 aliphatic carbocycles. The second-order valence-electron chi connectivity index (χ2n) is 7.41. The fourth-order valence-electron chi connectivity index (χ4n) is 3.82. The van der Waals surface area contributed by atoms with E-state index in [0.29, 0.717) is 30.3 Å². The third-order valence-electron chi connectivity index (χ3n) is 5.42. The Kier molecular flexibility index (Phi) is 5.06. The van der Waals surface area contributed by atoms with Gasteiger partial charge in [-0.05, 0) is 29.8 Å². The van der Waals surface area contributed by atoms with E-state index in [-0.39, 0.29) is 6.04 Å². The molecule has 3 aromatic rings. The molecule has 1 fully saturated rings. The van der Waals surface area contributed by atoms with Crippen molar-refractivity contribution in [2.75, 3.05) is 18.0 Å². The van der Waals surface area contributed by atoms with Crippen LogP contribution >= 0.6 is 23.4 Å². The summed E-state index contributed by atoms with van der Waals surface area (Å²) in [6, 6.07) is 1.61. The minimum atomic E-state index is -0.593. The fraction of sp³-hybridized carbons (Fsp3) is 0.350. The van der Waals surface area contributed by atoms with Gasteiger partial charge in [-0.2, -0.15) is 0 Å². The lowest BCUT2D eigenvalue weighted by Gasteiger charge is -2.21. The zero-order chi connectivity index (χ0) is 20.8. The minimum absolute atomic E-state index is 0.315. The van der Waals surface area contributed by atoms with Crippen molar-refractivity contribution in [1.29, 1.82) is 0 Å². The maximum Gasteiger partial charge on any atom is 0.194 e. The molecule has 0 spiro atoms. The summed E-state index contributed by atoms with van der Waals surface area (Å²) in [7, 11) is 0. The highest BCUT2D eigenvalue weighted by molar-refractivity contribution is 7.99. The van der Waals surface area contributed by atoms with Crippen LogP contribution in [0.3, 0.4) is 0 Å². The Morgan fingerprint density at radius 1 is 1.23 bits per heavy atom. The Morgan fingerprint density at radius 3 is 2.83 bits per heavy atom. The van der Waals surface area contributed by atoms with Gasteiger partial charge in [0.2, 0.25) is 0 Å². The number of halogens is 1. The Labute approximate surface area is 182 Å². The average Bonchev–Trinajstić information content (AvgIpc) is 3.26. The van der Waals surface area contributed by atoms with Crippen molar-refractivity contribution in [1.82, 2.24) is 24.9 Å². The maximum atomic E-state index is 10.2. The van der Waals surface area contributed by atoms with Crippen LogP contribution in [-0.2, 0) is 6.42 Å². The molecular weight excluding hydrogens is 422 g/mol. The number of hydrogen-bond acceptors (Lipinski definition) is 9. The largest absolute Gasteiger partial charge is 0.390 e. The van der Waals surface area contributed by atoms with Crippen LogP contribution in [0.5, 0.6) is 0 Å². The van der Waals surface area contributed by atoms with Crippen LogP contribution in [0.2, 0.25) is 0 Å². The number of rotatable bonds is 4. The monoisotopic (exact) mass is 441 g/mol. The van der Waals surface area contributed by atoms with Crippen LogP contribution in [0.15, 0.2) is 40.3 Å². The molecule has 4 heterocycles. The molecule has 2 atom stereocenters.